The van der Waals surface area contributed by atoms with Crippen molar-refractivity contribution in [1.29, 1.82) is 0 Å². The van der Waals surface area contributed by atoms with Crippen LogP contribution in [0.3, 0.4) is 0 Å². The van der Waals surface area contributed by atoms with Gasteiger partial charge in [0, 0.05) is 18.5 Å². The second kappa shape index (κ2) is 5.96. The van der Waals surface area contributed by atoms with E-state index in [9.17, 15) is 4.79 Å². The minimum absolute atomic E-state index is 0.120. The fourth-order valence-electron chi connectivity index (χ4n) is 4.01. The molecular weight excluding hydrogens is 345 g/mol. The van der Waals surface area contributed by atoms with Crippen LogP contribution in [-0.4, -0.2) is 29.7 Å². The van der Waals surface area contributed by atoms with Crippen molar-refractivity contribution < 1.29 is 9.53 Å². The van der Waals surface area contributed by atoms with Crippen LogP contribution in [0.15, 0.2) is 30.9 Å². The molecule has 1 aromatic rings. The molecule has 0 aromatic heterocycles. The Morgan fingerprint density at radius 1 is 1.33 bits per heavy atom. The van der Waals surface area contributed by atoms with E-state index in [-0.39, 0.29) is 11.5 Å². The Morgan fingerprint density at radius 2 is 2.04 bits per heavy atom. The van der Waals surface area contributed by atoms with Crippen molar-refractivity contribution in [2.45, 2.75) is 38.2 Å². The standard InChI is InChI=1S/C19H23Cl2NO2/c1-5-19(12-6-7-15(20)16(21)10-12)13-8-9-22(11-14(13)19)17(23)24-18(2,3)4/h5-7,10,13-14H,1,8-9,11H2,2-4H3. The van der Waals surface area contributed by atoms with E-state index in [1.807, 2.05) is 49.9 Å². The summed E-state index contributed by atoms with van der Waals surface area (Å²) in [5.41, 5.74) is 0.537. The zero-order chi connectivity index (χ0) is 17.7. The van der Waals surface area contributed by atoms with Crippen LogP contribution < -0.4 is 0 Å². The number of fused-ring (bicyclic) bond motifs is 1. The van der Waals surface area contributed by atoms with Crippen LogP contribution in [0.25, 0.3) is 0 Å². The molecule has 130 valence electrons. The summed E-state index contributed by atoms with van der Waals surface area (Å²) in [5, 5.41) is 1.11. The first-order valence-corrected chi connectivity index (χ1v) is 9.01. The van der Waals surface area contributed by atoms with Crippen molar-refractivity contribution in [2.75, 3.05) is 13.1 Å². The molecule has 0 spiro atoms. The average Bonchev–Trinajstić information content (AvgIpc) is 3.16. The summed E-state index contributed by atoms with van der Waals surface area (Å²) in [6.45, 7) is 11.1. The van der Waals surface area contributed by atoms with E-state index in [1.54, 1.807) is 0 Å². The van der Waals surface area contributed by atoms with Crippen molar-refractivity contribution >= 4 is 29.3 Å². The number of hydrogen-bond donors (Lipinski definition) is 0. The molecule has 1 heterocycles. The van der Waals surface area contributed by atoms with E-state index in [4.69, 9.17) is 27.9 Å². The van der Waals surface area contributed by atoms with Gasteiger partial charge in [-0.1, -0.05) is 35.3 Å². The van der Waals surface area contributed by atoms with Crippen LogP contribution in [0.1, 0.15) is 32.8 Å². The van der Waals surface area contributed by atoms with Crippen molar-refractivity contribution in [3.63, 3.8) is 0 Å². The monoisotopic (exact) mass is 367 g/mol. The highest BCUT2D eigenvalue weighted by Gasteiger charge is 2.65. The smallest absolute Gasteiger partial charge is 0.410 e. The lowest BCUT2D eigenvalue weighted by Crippen LogP contribution is -2.40. The van der Waals surface area contributed by atoms with Crippen LogP contribution >= 0.6 is 23.2 Å². The first-order valence-electron chi connectivity index (χ1n) is 8.26. The van der Waals surface area contributed by atoms with Crippen molar-refractivity contribution in [3.05, 3.63) is 46.5 Å². The summed E-state index contributed by atoms with van der Waals surface area (Å²) in [4.78, 5) is 14.2. The predicted octanol–water partition coefficient (Wildman–Crippen LogP) is 5.30. The third kappa shape index (κ3) is 2.93. The van der Waals surface area contributed by atoms with Crippen LogP contribution in [0.4, 0.5) is 4.79 Å². The predicted molar refractivity (Wildman–Crippen MR) is 97.7 cm³/mol. The zero-order valence-electron chi connectivity index (χ0n) is 14.3. The van der Waals surface area contributed by atoms with Gasteiger partial charge >= 0.3 is 6.09 Å². The van der Waals surface area contributed by atoms with Crippen molar-refractivity contribution in [3.8, 4) is 0 Å². The SMILES string of the molecule is C=CC1(c2ccc(Cl)c(Cl)c2)C2CCN(C(=O)OC(C)(C)C)CC21. The highest BCUT2D eigenvalue weighted by atomic mass is 35.5. The number of ether oxygens (including phenoxy) is 1. The summed E-state index contributed by atoms with van der Waals surface area (Å²) in [5.74, 6) is 0.847. The van der Waals surface area contributed by atoms with Gasteiger partial charge in [-0.3, -0.25) is 0 Å². The van der Waals surface area contributed by atoms with E-state index in [2.05, 4.69) is 6.58 Å². The molecule has 1 saturated carbocycles. The Hall–Kier alpha value is -1.19. The van der Waals surface area contributed by atoms with Gasteiger partial charge in [0.05, 0.1) is 10.0 Å². The summed E-state index contributed by atoms with van der Waals surface area (Å²) < 4.78 is 5.51. The summed E-state index contributed by atoms with van der Waals surface area (Å²) >= 11 is 12.2. The molecule has 3 unspecified atom stereocenters. The number of benzene rings is 1. The Kier molecular flexibility index (Phi) is 4.38. The highest BCUT2D eigenvalue weighted by Crippen LogP contribution is 2.64. The molecule has 2 aliphatic rings. The quantitative estimate of drug-likeness (QED) is 0.663. The molecule has 2 fully saturated rings. The number of nitrogens with zero attached hydrogens (tertiary/aromatic N) is 1. The molecule has 0 radical (unpaired) electrons. The molecule has 3 atom stereocenters. The van der Waals surface area contributed by atoms with E-state index < -0.39 is 5.60 Å². The van der Waals surface area contributed by atoms with Gasteiger partial charge in [-0.05, 0) is 56.7 Å². The minimum atomic E-state index is -0.475. The zero-order valence-corrected chi connectivity index (χ0v) is 15.8. The molecule has 0 N–H and O–H groups in total. The molecule has 1 saturated heterocycles. The Balaban J connectivity index is 1.79. The maximum Gasteiger partial charge on any atom is 0.410 e. The summed E-state index contributed by atoms with van der Waals surface area (Å²) in [7, 11) is 0. The average molecular weight is 368 g/mol. The maximum absolute atomic E-state index is 12.4. The van der Waals surface area contributed by atoms with Crippen LogP contribution in [0.5, 0.6) is 0 Å². The van der Waals surface area contributed by atoms with Gasteiger partial charge < -0.3 is 9.64 Å². The number of rotatable bonds is 2. The molecule has 3 nitrogen and oxygen atoms in total. The summed E-state index contributed by atoms with van der Waals surface area (Å²) in [6.07, 6.45) is 2.72. The lowest BCUT2D eigenvalue weighted by molar-refractivity contribution is 0.0207. The molecular formula is C19H23Cl2NO2. The number of hydrogen-bond acceptors (Lipinski definition) is 2. The Labute approximate surface area is 153 Å². The van der Waals surface area contributed by atoms with Crippen molar-refractivity contribution in [1.82, 2.24) is 4.90 Å². The van der Waals surface area contributed by atoms with Gasteiger partial charge in [-0.25, -0.2) is 4.79 Å². The molecule has 1 aromatic carbocycles. The molecule has 3 rings (SSSR count). The van der Waals surface area contributed by atoms with Crippen LogP contribution in [-0.2, 0) is 10.2 Å². The normalized spacial score (nSPS) is 29.0. The first-order chi connectivity index (χ1) is 11.2. The third-order valence-corrected chi connectivity index (χ3v) is 5.88. The van der Waals surface area contributed by atoms with Gasteiger partial charge in [-0.15, -0.1) is 6.58 Å². The van der Waals surface area contributed by atoms with E-state index in [0.717, 1.165) is 12.0 Å². The first kappa shape index (κ1) is 17.6. The van der Waals surface area contributed by atoms with Gasteiger partial charge in [-0.2, -0.15) is 0 Å². The number of halogens is 2. The van der Waals surface area contributed by atoms with Crippen LogP contribution in [0.2, 0.25) is 10.0 Å². The number of carbonyl (C=O) groups excluding carboxylic acids is 1. The number of likely N-dealkylation sites (tertiary alicyclic amines) is 1. The summed E-state index contributed by atoms with van der Waals surface area (Å²) in [6, 6.07) is 5.79. The van der Waals surface area contributed by atoms with Crippen molar-refractivity contribution in [2.24, 2.45) is 11.8 Å². The van der Waals surface area contributed by atoms with Gasteiger partial charge in [0.1, 0.15) is 5.60 Å². The van der Waals surface area contributed by atoms with Gasteiger partial charge in [0.15, 0.2) is 0 Å². The molecule has 1 aliphatic heterocycles. The van der Waals surface area contributed by atoms with E-state index in [1.165, 1.54) is 0 Å². The Morgan fingerprint density at radius 3 is 2.62 bits per heavy atom. The maximum atomic E-state index is 12.4. The fraction of sp³-hybridized carbons (Fsp3) is 0.526. The molecule has 5 heteroatoms. The topological polar surface area (TPSA) is 29.5 Å². The lowest BCUT2D eigenvalue weighted by atomic mass is 9.91. The molecule has 1 aliphatic carbocycles. The number of amides is 1. The second-order valence-electron chi connectivity index (χ2n) is 7.69. The molecule has 24 heavy (non-hydrogen) atoms. The third-order valence-electron chi connectivity index (χ3n) is 5.14. The lowest BCUT2D eigenvalue weighted by Gasteiger charge is -2.29. The fourth-order valence-corrected chi connectivity index (χ4v) is 4.31. The van der Waals surface area contributed by atoms with Gasteiger partial charge in [0.2, 0.25) is 0 Å². The minimum Gasteiger partial charge on any atom is -0.444 e. The van der Waals surface area contributed by atoms with E-state index in [0.29, 0.717) is 35.0 Å². The number of piperidine rings is 1. The van der Waals surface area contributed by atoms with E-state index >= 15 is 0 Å². The Bertz CT molecular complexity index is 682. The second-order valence-corrected chi connectivity index (χ2v) is 8.51. The number of allylic oxidation sites excluding steroid dienone is 1. The highest BCUT2D eigenvalue weighted by molar-refractivity contribution is 6.42. The molecule has 0 bridgehead atoms. The largest absolute Gasteiger partial charge is 0.444 e. The molecule has 1 amide bonds. The number of carbonyl (C=O) groups is 1. The van der Waals surface area contributed by atoms with Gasteiger partial charge in [0.25, 0.3) is 0 Å². The van der Waals surface area contributed by atoms with Crippen LogP contribution in [0, 0.1) is 11.8 Å².